The first kappa shape index (κ1) is 13.1. The van der Waals surface area contributed by atoms with E-state index in [1.165, 1.54) is 0 Å². The fourth-order valence-corrected chi connectivity index (χ4v) is 1.78. The molecule has 2 rings (SSSR count). The molecule has 0 aliphatic carbocycles. The molecular weight excluding hydrogens is 260 g/mol. The first-order chi connectivity index (χ1) is 9.10. The van der Waals surface area contributed by atoms with Crippen LogP contribution in [0.3, 0.4) is 0 Å². The van der Waals surface area contributed by atoms with E-state index in [-0.39, 0.29) is 5.91 Å². The van der Waals surface area contributed by atoms with Crippen LogP contribution in [-0.2, 0) is 0 Å². The van der Waals surface area contributed by atoms with E-state index in [0.717, 1.165) is 5.56 Å². The zero-order valence-corrected chi connectivity index (χ0v) is 11.0. The number of hydrogen-bond donors (Lipinski definition) is 1. The van der Waals surface area contributed by atoms with Gasteiger partial charge in [-0.05, 0) is 42.8 Å². The predicted molar refractivity (Wildman–Crippen MR) is 75.3 cm³/mol. The maximum Gasteiger partial charge on any atom is 0.255 e. The third-order valence-corrected chi connectivity index (χ3v) is 3.09. The summed E-state index contributed by atoms with van der Waals surface area (Å²) in [5.74, 6) is -0.267. The van der Waals surface area contributed by atoms with Crippen LogP contribution >= 0.6 is 11.6 Å². The number of benzene rings is 2. The molecule has 0 unspecified atom stereocenters. The highest BCUT2D eigenvalue weighted by Crippen LogP contribution is 2.20. The van der Waals surface area contributed by atoms with Crippen molar-refractivity contribution in [3.05, 3.63) is 64.2 Å². The van der Waals surface area contributed by atoms with Crippen LogP contribution in [0, 0.1) is 18.3 Å². The Labute approximate surface area is 116 Å². The number of aryl methyl sites for hydroxylation is 1. The van der Waals surface area contributed by atoms with Gasteiger partial charge in [0.25, 0.3) is 5.91 Å². The molecule has 2 aromatic carbocycles. The Kier molecular flexibility index (Phi) is 3.84. The minimum absolute atomic E-state index is 0.267. The molecule has 0 aromatic heterocycles. The average molecular weight is 271 g/mol. The summed E-state index contributed by atoms with van der Waals surface area (Å²) in [4.78, 5) is 12.0. The van der Waals surface area contributed by atoms with Gasteiger partial charge >= 0.3 is 0 Å². The van der Waals surface area contributed by atoms with Crippen molar-refractivity contribution in [2.24, 2.45) is 0 Å². The molecule has 3 nitrogen and oxygen atoms in total. The smallest absolute Gasteiger partial charge is 0.255 e. The van der Waals surface area contributed by atoms with Crippen LogP contribution in [0.2, 0.25) is 5.02 Å². The lowest BCUT2D eigenvalue weighted by Gasteiger charge is -2.07. The third-order valence-electron chi connectivity index (χ3n) is 2.68. The Morgan fingerprint density at radius 3 is 2.74 bits per heavy atom. The first-order valence-corrected chi connectivity index (χ1v) is 6.05. The Balaban J connectivity index is 2.21. The lowest BCUT2D eigenvalue weighted by atomic mass is 10.1. The third kappa shape index (κ3) is 3.12. The molecule has 19 heavy (non-hydrogen) atoms. The molecular formula is C15H11ClN2O. The maximum atomic E-state index is 12.0. The minimum Gasteiger partial charge on any atom is -0.322 e. The average Bonchev–Trinajstić information content (AvgIpc) is 2.43. The second kappa shape index (κ2) is 5.55. The Morgan fingerprint density at radius 1 is 1.26 bits per heavy atom. The molecule has 2 aromatic rings. The van der Waals surface area contributed by atoms with Crippen molar-refractivity contribution in [2.45, 2.75) is 6.92 Å². The number of halogens is 1. The number of anilines is 1. The van der Waals surface area contributed by atoms with Crippen LogP contribution in [0.4, 0.5) is 5.69 Å². The van der Waals surface area contributed by atoms with Crippen molar-refractivity contribution in [2.75, 3.05) is 5.32 Å². The van der Waals surface area contributed by atoms with E-state index in [1.54, 1.807) is 36.4 Å². The second-order valence-corrected chi connectivity index (χ2v) is 4.52. The van der Waals surface area contributed by atoms with Crippen molar-refractivity contribution in [1.82, 2.24) is 0 Å². The molecule has 0 fully saturated rings. The number of amides is 1. The van der Waals surface area contributed by atoms with E-state index in [2.05, 4.69) is 5.32 Å². The monoisotopic (exact) mass is 270 g/mol. The van der Waals surface area contributed by atoms with E-state index in [9.17, 15) is 4.79 Å². The van der Waals surface area contributed by atoms with Gasteiger partial charge in [-0.2, -0.15) is 5.26 Å². The fourth-order valence-electron chi connectivity index (χ4n) is 1.60. The number of hydrogen-bond acceptors (Lipinski definition) is 2. The summed E-state index contributed by atoms with van der Waals surface area (Å²) in [6, 6.07) is 13.9. The summed E-state index contributed by atoms with van der Waals surface area (Å²) in [5.41, 5.74) is 2.47. The highest BCUT2D eigenvalue weighted by molar-refractivity contribution is 6.31. The summed E-state index contributed by atoms with van der Waals surface area (Å²) in [5, 5.41) is 12.1. The summed E-state index contributed by atoms with van der Waals surface area (Å²) in [6.07, 6.45) is 0. The summed E-state index contributed by atoms with van der Waals surface area (Å²) < 4.78 is 0. The van der Waals surface area contributed by atoms with Gasteiger partial charge in [0, 0.05) is 16.3 Å². The molecule has 0 atom stereocenters. The number of carbonyl (C=O) groups is 1. The highest BCUT2D eigenvalue weighted by Gasteiger charge is 2.07. The molecule has 0 aliphatic heterocycles. The molecule has 1 N–H and O–H groups in total. The largest absolute Gasteiger partial charge is 0.322 e. The summed E-state index contributed by atoms with van der Waals surface area (Å²) >= 11 is 6.00. The molecule has 0 aliphatic rings. The predicted octanol–water partition coefficient (Wildman–Crippen LogP) is 3.77. The Morgan fingerprint density at radius 2 is 2.05 bits per heavy atom. The SMILES string of the molecule is Cc1ccc(NC(=O)c2cccc(C#N)c2)cc1Cl. The summed E-state index contributed by atoms with van der Waals surface area (Å²) in [7, 11) is 0. The molecule has 0 bridgehead atoms. The molecule has 1 amide bonds. The van der Waals surface area contributed by atoms with Crippen molar-refractivity contribution in [3.63, 3.8) is 0 Å². The second-order valence-electron chi connectivity index (χ2n) is 4.11. The van der Waals surface area contributed by atoms with E-state index in [4.69, 9.17) is 16.9 Å². The Hall–Kier alpha value is -2.31. The van der Waals surface area contributed by atoms with E-state index >= 15 is 0 Å². The molecule has 4 heteroatoms. The van der Waals surface area contributed by atoms with E-state index in [0.29, 0.717) is 21.8 Å². The molecule has 94 valence electrons. The highest BCUT2D eigenvalue weighted by atomic mass is 35.5. The standard InChI is InChI=1S/C15H11ClN2O/c1-10-5-6-13(8-14(10)16)18-15(19)12-4-2-3-11(7-12)9-17/h2-8H,1H3,(H,18,19). The lowest BCUT2D eigenvalue weighted by molar-refractivity contribution is 0.102. The van der Waals surface area contributed by atoms with Gasteiger partial charge < -0.3 is 5.32 Å². The lowest BCUT2D eigenvalue weighted by Crippen LogP contribution is -2.11. The quantitative estimate of drug-likeness (QED) is 0.903. The van der Waals surface area contributed by atoms with Crippen LogP contribution in [0.1, 0.15) is 21.5 Å². The topological polar surface area (TPSA) is 52.9 Å². The number of nitrogens with zero attached hydrogens (tertiary/aromatic N) is 1. The van der Waals surface area contributed by atoms with Gasteiger partial charge in [-0.25, -0.2) is 0 Å². The normalized spacial score (nSPS) is 9.74. The minimum atomic E-state index is -0.267. The van der Waals surface area contributed by atoms with Crippen LogP contribution in [0.5, 0.6) is 0 Å². The van der Waals surface area contributed by atoms with Gasteiger partial charge in [0.15, 0.2) is 0 Å². The van der Waals surface area contributed by atoms with Gasteiger partial charge in [-0.1, -0.05) is 23.7 Å². The van der Waals surface area contributed by atoms with Crippen molar-refractivity contribution in [3.8, 4) is 6.07 Å². The number of carbonyl (C=O) groups excluding carboxylic acids is 1. The van der Waals surface area contributed by atoms with Crippen molar-refractivity contribution >= 4 is 23.2 Å². The van der Waals surface area contributed by atoms with Crippen LogP contribution in [0.15, 0.2) is 42.5 Å². The molecule has 0 heterocycles. The van der Waals surface area contributed by atoms with Gasteiger partial charge in [0.2, 0.25) is 0 Å². The van der Waals surface area contributed by atoms with E-state index in [1.807, 2.05) is 19.1 Å². The van der Waals surface area contributed by atoms with Gasteiger partial charge in [-0.15, -0.1) is 0 Å². The number of nitrogens with one attached hydrogen (secondary N) is 1. The van der Waals surface area contributed by atoms with Gasteiger partial charge in [-0.3, -0.25) is 4.79 Å². The van der Waals surface area contributed by atoms with Crippen molar-refractivity contribution < 1.29 is 4.79 Å². The molecule has 0 spiro atoms. The zero-order chi connectivity index (χ0) is 13.8. The van der Waals surface area contributed by atoms with Crippen molar-refractivity contribution in [1.29, 1.82) is 5.26 Å². The molecule has 0 saturated heterocycles. The first-order valence-electron chi connectivity index (χ1n) is 5.68. The zero-order valence-electron chi connectivity index (χ0n) is 10.3. The number of nitriles is 1. The van der Waals surface area contributed by atoms with Crippen LogP contribution in [0.25, 0.3) is 0 Å². The number of rotatable bonds is 2. The summed E-state index contributed by atoms with van der Waals surface area (Å²) in [6.45, 7) is 1.89. The maximum absolute atomic E-state index is 12.0. The van der Waals surface area contributed by atoms with Crippen LogP contribution < -0.4 is 5.32 Å². The Bertz CT molecular complexity index is 674. The molecule has 0 radical (unpaired) electrons. The fraction of sp³-hybridized carbons (Fsp3) is 0.0667. The van der Waals surface area contributed by atoms with Gasteiger partial charge in [0.1, 0.15) is 0 Å². The van der Waals surface area contributed by atoms with Gasteiger partial charge in [0.05, 0.1) is 11.6 Å². The van der Waals surface area contributed by atoms with E-state index < -0.39 is 0 Å². The van der Waals surface area contributed by atoms with Crippen LogP contribution in [-0.4, -0.2) is 5.91 Å². The molecule has 0 saturated carbocycles.